The quantitative estimate of drug-likeness (QED) is 0.607. The molecule has 0 aromatic heterocycles. The van der Waals surface area contributed by atoms with Gasteiger partial charge in [0.15, 0.2) is 0 Å². The second-order valence-electron chi connectivity index (χ2n) is 6.57. The second-order valence-corrected chi connectivity index (χ2v) is 6.57. The van der Waals surface area contributed by atoms with Gasteiger partial charge in [-0.3, -0.25) is 4.99 Å². The Morgan fingerprint density at radius 2 is 1.65 bits per heavy atom. The molecule has 3 atom stereocenters. The lowest BCUT2D eigenvalue weighted by Crippen LogP contribution is -2.27. The predicted molar refractivity (Wildman–Crippen MR) is 75.7 cm³/mol. The SMILES string of the molecule is CC(=NC1CCC(C)CC1C)C1CCCCC1. The molecule has 2 rings (SSSR count). The molecule has 0 aliphatic heterocycles. The van der Waals surface area contributed by atoms with E-state index in [9.17, 15) is 0 Å². The van der Waals surface area contributed by atoms with Crippen LogP contribution < -0.4 is 0 Å². The number of nitrogens with zero attached hydrogens (tertiary/aromatic N) is 1. The summed E-state index contributed by atoms with van der Waals surface area (Å²) >= 11 is 0. The molecule has 0 spiro atoms. The molecule has 0 saturated heterocycles. The molecule has 1 nitrogen and oxygen atoms in total. The molecule has 0 N–H and O–H groups in total. The molecule has 2 aliphatic carbocycles. The van der Waals surface area contributed by atoms with Crippen molar-refractivity contribution in [3.63, 3.8) is 0 Å². The minimum Gasteiger partial charge on any atom is -0.291 e. The zero-order chi connectivity index (χ0) is 12.3. The summed E-state index contributed by atoms with van der Waals surface area (Å²) in [5, 5.41) is 0. The highest BCUT2D eigenvalue weighted by Crippen LogP contribution is 2.32. The van der Waals surface area contributed by atoms with Crippen molar-refractivity contribution < 1.29 is 0 Å². The maximum atomic E-state index is 5.09. The molecular formula is C16H29N. The Labute approximate surface area is 107 Å². The Morgan fingerprint density at radius 3 is 2.29 bits per heavy atom. The molecular weight excluding hydrogens is 206 g/mol. The zero-order valence-electron chi connectivity index (χ0n) is 11.9. The lowest BCUT2D eigenvalue weighted by molar-refractivity contribution is 0.263. The first-order valence-corrected chi connectivity index (χ1v) is 7.71. The van der Waals surface area contributed by atoms with Crippen LogP contribution in [0.3, 0.4) is 0 Å². The van der Waals surface area contributed by atoms with Gasteiger partial charge in [0.05, 0.1) is 6.04 Å². The summed E-state index contributed by atoms with van der Waals surface area (Å²) in [7, 11) is 0. The summed E-state index contributed by atoms with van der Waals surface area (Å²) < 4.78 is 0. The van der Waals surface area contributed by atoms with Crippen molar-refractivity contribution in [2.24, 2.45) is 22.7 Å². The van der Waals surface area contributed by atoms with Gasteiger partial charge in [-0.15, -0.1) is 0 Å². The van der Waals surface area contributed by atoms with E-state index in [1.807, 2.05) is 0 Å². The maximum Gasteiger partial charge on any atom is 0.0524 e. The maximum absolute atomic E-state index is 5.09. The summed E-state index contributed by atoms with van der Waals surface area (Å²) in [5.74, 6) is 2.54. The molecule has 3 unspecified atom stereocenters. The van der Waals surface area contributed by atoms with Crippen molar-refractivity contribution in [1.29, 1.82) is 0 Å². The van der Waals surface area contributed by atoms with E-state index in [2.05, 4.69) is 20.8 Å². The highest BCUT2D eigenvalue weighted by Gasteiger charge is 2.26. The third-order valence-electron chi connectivity index (χ3n) is 4.95. The smallest absolute Gasteiger partial charge is 0.0524 e. The van der Waals surface area contributed by atoms with Crippen LogP contribution in [0.2, 0.25) is 0 Å². The third kappa shape index (κ3) is 3.56. The third-order valence-corrected chi connectivity index (χ3v) is 4.95. The van der Waals surface area contributed by atoms with E-state index in [0.29, 0.717) is 6.04 Å². The standard InChI is InChI=1S/C16H29N/c1-12-9-10-16(13(2)11-12)17-14(3)15-7-5-4-6-8-15/h12-13,15-16H,4-11H2,1-3H3. The fourth-order valence-corrected chi connectivity index (χ4v) is 3.73. The van der Waals surface area contributed by atoms with Crippen molar-refractivity contribution >= 4 is 5.71 Å². The lowest BCUT2D eigenvalue weighted by Gasteiger charge is -2.31. The highest BCUT2D eigenvalue weighted by atomic mass is 14.8. The van der Waals surface area contributed by atoms with E-state index in [1.165, 1.54) is 57.1 Å². The molecule has 0 heterocycles. The van der Waals surface area contributed by atoms with Gasteiger partial charge in [0.25, 0.3) is 0 Å². The van der Waals surface area contributed by atoms with Crippen molar-refractivity contribution in [2.75, 3.05) is 0 Å². The van der Waals surface area contributed by atoms with Crippen LogP contribution in [-0.4, -0.2) is 11.8 Å². The monoisotopic (exact) mass is 235 g/mol. The summed E-state index contributed by atoms with van der Waals surface area (Å²) in [6.07, 6.45) is 11.2. The highest BCUT2D eigenvalue weighted by molar-refractivity contribution is 5.84. The van der Waals surface area contributed by atoms with E-state index in [0.717, 1.165) is 17.8 Å². The average molecular weight is 235 g/mol. The molecule has 0 radical (unpaired) electrons. The van der Waals surface area contributed by atoms with Gasteiger partial charge in [0, 0.05) is 5.71 Å². The average Bonchev–Trinajstić information content (AvgIpc) is 2.34. The first-order chi connectivity index (χ1) is 8.16. The Kier molecular flexibility index (Phi) is 4.64. The van der Waals surface area contributed by atoms with Gasteiger partial charge in [-0.25, -0.2) is 0 Å². The molecule has 2 aliphatic rings. The first kappa shape index (κ1) is 13.1. The predicted octanol–water partition coefficient (Wildman–Crippen LogP) is 4.85. The van der Waals surface area contributed by atoms with Crippen LogP contribution in [0, 0.1) is 17.8 Å². The van der Waals surface area contributed by atoms with Crippen LogP contribution in [0.1, 0.15) is 72.1 Å². The summed E-state index contributed by atoms with van der Waals surface area (Å²) in [5.41, 5.74) is 1.47. The summed E-state index contributed by atoms with van der Waals surface area (Å²) in [6.45, 7) is 7.09. The molecule has 17 heavy (non-hydrogen) atoms. The largest absolute Gasteiger partial charge is 0.291 e. The van der Waals surface area contributed by atoms with Crippen molar-refractivity contribution in [3.05, 3.63) is 0 Å². The number of rotatable bonds is 2. The van der Waals surface area contributed by atoms with E-state index >= 15 is 0 Å². The van der Waals surface area contributed by atoms with Gasteiger partial charge in [-0.2, -0.15) is 0 Å². The Hall–Kier alpha value is -0.330. The Balaban J connectivity index is 1.92. The molecule has 1 heteroatoms. The normalized spacial score (nSPS) is 37.1. The van der Waals surface area contributed by atoms with Gasteiger partial charge in [0.1, 0.15) is 0 Å². The fourth-order valence-electron chi connectivity index (χ4n) is 3.73. The molecule has 0 bridgehead atoms. The van der Waals surface area contributed by atoms with Crippen molar-refractivity contribution in [1.82, 2.24) is 0 Å². The zero-order valence-corrected chi connectivity index (χ0v) is 11.9. The molecule has 0 aromatic rings. The Morgan fingerprint density at radius 1 is 0.941 bits per heavy atom. The van der Waals surface area contributed by atoms with Crippen LogP contribution in [-0.2, 0) is 0 Å². The van der Waals surface area contributed by atoms with Gasteiger partial charge in [0.2, 0.25) is 0 Å². The molecule has 0 aromatic carbocycles. The van der Waals surface area contributed by atoms with Crippen LogP contribution in [0.5, 0.6) is 0 Å². The minimum atomic E-state index is 0.633. The fraction of sp³-hybridized carbons (Fsp3) is 0.938. The summed E-state index contributed by atoms with van der Waals surface area (Å²) in [4.78, 5) is 5.09. The van der Waals surface area contributed by atoms with E-state index in [4.69, 9.17) is 4.99 Å². The number of hydrogen-bond acceptors (Lipinski definition) is 1. The van der Waals surface area contributed by atoms with Crippen LogP contribution >= 0.6 is 0 Å². The van der Waals surface area contributed by atoms with E-state index < -0.39 is 0 Å². The van der Waals surface area contributed by atoms with Crippen molar-refractivity contribution in [3.8, 4) is 0 Å². The van der Waals surface area contributed by atoms with Gasteiger partial charge >= 0.3 is 0 Å². The van der Waals surface area contributed by atoms with Gasteiger partial charge < -0.3 is 0 Å². The molecule has 2 fully saturated rings. The van der Waals surface area contributed by atoms with Crippen LogP contribution in [0.15, 0.2) is 4.99 Å². The van der Waals surface area contributed by atoms with E-state index in [-0.39, 0.29) is 0 Å². The molecule has 98 valence electrons. The van der Waals surface area contributed by atoms with Gasteiger partial charge in [-0.05, 0) is 56.8 Å². The topological polar surface area (TPSA) is 12.4 Å². The molecule has 0 amide bonds. The van der Waals surface area contributed by atoms with Gasteiger partial charge in [-0.1, -0.05) is 33.1 Å². The van der Waals surface area contributed by atoms with Crippen molar-refractivity contribution in [2.45, 2.75) is 78.2 Å². The first-order valence-electron chi connectivity index (χ1n) is 7.71. The minimum absolute atomic E-state index is 0.633. The van der Waals surface area contributed by atoms with Crippen LogP contribution in [0.4, 0.5) is 0 Å². The van der Waals surface area contributed by atoms with E-state index in [1.54, 1.807) is 0 Å². The second kappa shape index (κ2) is 6.02. The number of aliphatic imine (C=N–C) groups is 1. The van der Waals surface area contributed by atoms with Crippen LogP contribution in [0.25, 0.3) is 0 Å². The number of hydrogen-bond donors (Lipinski definition) is 0. The molecule has 2 saturated carbocycles. The lowest BCUT2D eigenvalue weighted by atomic mass is 9.79. The Bertz CT molecular complexity index is 263. The summed E-state index contributed by atoms with van der Waals surface area (Å²) in [6, 6.07) is 0.633.